The van der Waals surface area contributed by atoms with Crippen molar-refractivity contribution in [3.63, 3.8) is 0 Å². The van der Waals surface area contributed by atoms with Crippen molar-refractivity contribution < 1.29 is 24.4 Å². The molecule has 1 saturated carbocycles. The van der Waals surface area contributed by atoms with E-state index in [9.17, 15) is 20.7 Å². The molecule has 0 aromatic heterocycles. The molecule has 166 valence electrons. The number of fused-ring (bicyclic) bond motifs is 1. The molecule has 0 radical (unpaired) electrons. The van der Waals surface area contributed by atoms with Gasteiger partial charge in [-0.3, -0.25) is 0 Å². The van der Waals surface area contributed by atoms with E-state index in [1.807, 2.05) is 0 Å². The van der Waals surface area contributed by atoms with Crippen LogP contribution in [0.5, 0.6) is 17.2 Å². The van der Waals surface area contributed by atoms with Gasteiger partial charge in [-0.15, -0.1) is 23.5 Å². The number of amidine groups is 1. The van der Waals surface area contributed by atoms with Crippen LogP contribution in [-0.4, -0.2) is 66.3 Å². The molecule has 1 heterocycles. The monoisotopic (exact) mass is 464 g/mol. The molecule has 1 aromatic carbocycles. The van der Waals surface area contributed by atoms with E-state index in [0.717, 1.165) is 0 Å². The molecule has 3 atom stereocenters. The molecule has 2 aliphatic rings. The zero-order chi connectivity index (χ0) is 22.9. The number of nitriles is 2. The predicted octanol–water partition coefficient (Wildman–Crippen LogP) is 1.31. The summed E-state index contributed by atoms with van der Waals surface area (Å²) in [6.07, 6.45) is 0. The first-order valence-corrected chi connectivity index (χ1v) is 11.4. The minimum atomic E-state index is -1.35. The van der Waals surface area contributed by atoms with Crippen LogP contribution in [0.25, 0.3) is 0 Å². The highest BCUT2D eigenvalue weighted by molar-refractivity contribution is 8.18. The summed E-state index contributed by atoms with van der Waals surface area (Å²) in [6.45, 7) is -0.255. The maximum absolute atomic E-state index is 10.4. The molecule has 4 N–H and O–H groups in total. The number of nitrogens with two attached hydrogens (primary N) is 1. The first-order chi connectivity index (χ1) is 14.9. The zero-order valence-electron chi connectivity index (χ0n) is 17.4. The lowest BCUT2D eigenvalue weighted by atomic mass is 9.97. The molecule has 31 heavy (non-hydrogen) atoms. The number of ether oxygens (including phenoxy) is 3. The summed E-state index contributed by atoms with van der Waals surface area (Å²) in [7, 11) is 4.47. The number of methoxy groups -OCH3 is 3. The molecule has 1 aromatic rings. The Kier molecular flexibility index (Phi) is 6.53. The summed E-state index contributed by atoms with van der Waals surface area (Å²) in [4.78, 5) is 4.57. The van der Waals surface area contributed by atoms with Crippen LogP contribution >= 0.6 is 23.5 Å². The second kappa shape index (κ2) is 8.67. The molecule has 0 unspecified atom stereocenters. The second-order valence-electron chi connectivity index (χ2n) is 6.95. The maximum Gasteiger partial charge on any atom is 0.203 e. The van der Waals surface area contributed by atoms with Crippen LogP contribution in [0.3, 0.4) is 0 Å². The summed E-state index contributed by atoms with van der Waals surface area (Å²) < 4.78 is 15.1. The first-order valence-electron chi connectivity index (χ1n) is 9.41. The summed E-state index contributed by atoms with van der Waals surface area (Å²) in [5.74, 6) is 1.24. The standard InChI is InChI=1S/C20H24N4O5S2/c1-27-13-8-12(9-14(28-2)15(13)29-3)16-18(10-21)17(23)24-20(30-6-4-25,31-7-5-26)19(16,18)11-22/h8-9,16,25-26H,4-7H2,1-3H3,(H2,23,24)/t16-,18+,19+/m1/s1. The normalized spacial score (nSPS) is 27.5. The number of rotatable bonds is 10. The van der Waals surface area contributed by atoms with Gasteiger partial charge in [0.1, 0.15) is 16.7 Å². The Morgan fingerprint density at radius 1 is 1.03 bits per heavy atom. The van der Waals surface area contributed by atoms with Gasteiger partial charge >= 0.3 is 0 Å². The smallest absolute Gasteiger partial charge is 0.203 e. The number of nitrogens with zero attached hydrogens (tertiary/aromatic N) is 3. The third kappa shape index (κ3) is 2.95. The van der Waals surface area contributed by atoms with Gasteiger partial charge in [-0.2, -0.15) is 10.5 Å². The van der Waals surface area contributed by atoms with Crippen molar-refractivity contribution in [3.8, 4) is 29.4 Å². The first kappa shape index (κ1) is 23.4. The van der Waals surface area contributed by atoms with E-state index in [1.54, 1.807) is 12.1 Å². The quantitative estimate of drug-likeness (QED) is 0.432. The molecule has 0 spiro atoms. The van der Waals surface area contributed by atoms with Gasteiger partial charge < -0.3 is 30.2 Å². The second-order valence-corrected chi connectivity index (χ2v) is 9.79. The van der Waals surface area contributed by atoms with Crippen LogP contribution in [0.1, 0.15) is 11.5 Å². The van der Waals surface area contributed by atoms with Gasteiger partial charge in [0.05, 0.1) is 46.7 Å². The molecule has 1 aliphatic carbocycles. The van der Waals surface area contributed by atoms with Crippen molar-refractivity contribution in [1.82, 2.24) is 0 Å². The Morgan fingerprint density at radius 2 is 1.58 bits per heavy atom. The third-order valence-electron chi connectivity index (χ3n) is 5.73. The fourth-order valence-electron chi connectivity index (χ4n) is 4.49. The number of aliphatic hydroxyl groups excluding tert-OH is 2. The van der Waals surface area contributed by atoms with Crippen molar-refractivity contribution in [1.29, 1.82) is 10.5 Å². The third-order valence-corrected chi connectivity index (χ3v) is 8.82. The number of aliphatic hydroxyl groups is 2. The van der Waals surface area contributed by atoms with Crippen LogP contribution in [0, 0.1) is 33.5 Å². The van der Waals surface area contributed by atoms with Gasteiger partial charge in [0.15, 0.2) is 15.7 Å². The number of thioether (sulfide) groups is 2. The van der Waals surface area contributed by atoms with Crippen LogP contribution in [0.2, 0.25) is 0 Å². The lowest BCUT2D eigenvalue weighted by Gasteiger charge is -2.31. The molecule has 11 heteroatoms. The summed E-state index contributed by atoms with van der Waals surface area (Å²) in [5.41, 5.74) is 4.29. The average Bonchev–Trinajstić information content (AvgIpc) is 3.38. The van der Waals surface area contributed by atoms with Crippen LogP contribution < -0.4 is 19.9 Å². The van der Waals surface area contributed by atoms with Gasteiger partial charge in [-0.05, 0) is 17.7 Å². The van der Waals surface area contributed by atoms with Crippen molar-refractivity contribution in [2.75, 3.05) is 46.0 Å². The minimum Gasteiger partial charge on any atom is -0.493 e. The molecule has 1 fully saturated rings. The van der Waals surface area contributed by atoms with Crippen molar-refractivity contribution in [2.24, 2.45) is 21.6 Å². The highest BCUT2D eigenvalue weighted by Crippen LogP contribution is 2.85. The van der Waals surface area contributed by atoms with E-state index < -0.39 is 21.0 Å². The highest BCUT2D eigenvalue weighted by Gasteiger charge is 2.92. The number of hydrogen-bond donors (Lipinski definition) is 3. The predicted molar refractivity (Wildman–Crippen MR) is 118 cm³/mol. The van der Waals surface area contributed by atoms with E-state index >= 15 is 0 Å². The fraction of sp³-hybridized carbons (Fsp3) is 0.550. The summed E-state index contributed by atoms with van der Waals surface area (Å²) in [5, 5.41) is 39.5. The minimum absolute atomic E-state index is 0.0752. The van der Waals surface area contributed by atoms with Crippen LogP contribution in [0.4, 0.5) is 0 Å². The summed E-state index contributed by atoms with van der Waals surface area (Å²) >= 11 is 2.52. The molecule has 0 saturated heterocycles. The van der Waals surface area contributed by atoms with Gasteiger partial charge in [0, 0.05) is 17.4 Å². The fourth-order valence-corrected chi connectivity index (χ4v) is 7.49. The van der Waals surface area contributed by atoms with Gasteiger partial charge in [-0.25, -0.2) is 4.99 Å². The number of aliphatic imine (C=N–C) groups is 1. The molecule has 1 aliphatic heterocycles. The van der Waals surface area contributed by atoms with E-state index in [4.69, 9.17) is 19.9 Å². The Morgan fingerprint density at radius 3 is 1.97 bits per heavy atom. The molecule has 0 bridgehead atoms. The molecular weight excluding hydrogens is 440 g/mol. The van der Waals surface area contributed by atoms with Crippen molar-refractivity contribution in [3.05, 3.63) is 17.7 Å². The highest BCUT2D eigenvalue weighted by atomic mass is 32.2. The Balaban J connectivity index is 2.23. The SMILES string of the molecule is COc1cc([C@@H]2[C@@]3(C#N)C(N)=NC(SCCO)(SCCO)[C@@]23C#N)cc(OC)c1OC. The Bertz CT molecular complexity index is 942. The molecule has 0 amide bonds. The van der Waals surface area contributed by atoms with E-state index in [0.29, 0.717) is 34.3 Å². The lowest BCUT2D eigenvalue weighted by molar-refractivity contribution is 0.321. The van der Waals surface area contributed by atoms with E-state index in [-0.39, 0.29) is 19.0 Å². The average molecular weight is 465 g/mol. The topological polar surface area (TPSA) is 154 Å². The largest absolute Gasteiger partial charge is 0.493 e. The van der Waals surface area contributed by atoms with Gasteiger partial charge in [0.2, 0.25) is 5.75 Å². The summed E-state index contributed by atoms with van der Waals surface area (Å²) in [6, 6.07) is 8.07. The van der Waals surface area contributed by atoms with Crippen LogP contribution in [-0.2, 0) is 0 Å². The van der Waals surface area contributed by atoms with Gasteiger partial charge in [0.25, 0.3) is 0 Å². The number of benzene rings is 1. The lowest BCUT2D eigenvalue weighted by Crippen LogP contribution is -2.32. The van der Waals surface area contributed by atoms with Crippen molar-refractivity contribution >= 4 is 29.4 Å². The van der Waals surface area contributed by atoms with Crippen LogP contribution in [0.15, 0.2) is 17.1 Å². The Labute approximate surface area is 189 Å². The number of hydrogen-bond acceptors (Lipinski definition) is 11. The molecule has 3 rings (SSSR count). The van der Waals surface area contributed by atoms with Gasteiger partial charge in [-0.1, -0.05) is 0 Å². The maximum atomic E-state index is 10.4. The van der Waals surface area contributed by atoms with Crippen molar-refractivity contribution in [2.45, 2.75) is 10.1 Å². The molecule has 9 nitrogen and oxygen atoms in total. The Hall–Kier alpha value is -2.31. The zero-order valence-corrected chi connectivity index (χ0v) is 19.0. The van der Waals surface area contributed by atoms with E-state index in [1.165, 1.54) is 44.9 Å². The van der Waals surface area contributed by atoms with E-state index in [2.05, 4.69) is 17.1 Å². The molecular formula is C20H24N4O5S2.